The van der Waals surface area contributed by atoms with Crippen molar-refractivity contribution in [1.29, 1.82) is 0 Å². The highest BCUT2D eigenvalue weighted by Gasteiger charge is 2.17. The largest absolute Gasteiger partial charge is 0.382 e. The summed E-state index contributed by atoms with van der Waals surface area (Å²) in [5, 5.41) is 7.92. The van der Waals surface area contributed by atoms with Crippen LogP contribution >= 0.6 is 12.4 Å². The van der Waals surface area contributed by atoms with Gasteiger partial charge in [-0.25, -0.2) is 4.98 Å². The average Bonchev–Trinajstić information content (AvgIpc) is 2.69. The summed E-state index contributed by atoms with van der Waals surface area (Å²) in [6.07, 6.45) is 2.16. The number of nitrogens with two attached hydrogens (primary N) is 1. The van der Waals surface area contributed by atoms with Crippen molar-refractivity contribution in [3.05, 3.63) is 60.2 Å². The van der Waals surface area contributed by atoms with Crippen LogP contribution in [0.4, 0.5) is 5.69 Å². The summed E-state index contributed by atoms with van der Waals surface area (Å²) >= 11 is 0. The van der Waals surface area contributed by atoms with Crippen LogP contribution in [0.2, 0.25) is 0 Å². The van der Waals surface area contributed by atoms with Crippen LogP contribution in [0.3, 0.4) is 0 Å². The zero-order chi connectivity index (χ0) is 17.9. The van der Waals surface area contributed by atoms with Gasteiger partial charge in [0.25, 0.3) is 5.91 Å². The van der Waals surface area contributed by atoms with E-state index in [4.69, 9.17) is 10.7 Å². The van der Waals surface area contributed by atoms with Gasteiger partial charge >= 0.3 is 0 Å². The van der Waals surface area contributed by atoms with Crippen molar-refractivity contribution in [2.75, 3.05) is 18.4 Å². The summed E-state index contributed by atoms with van der Waals surface area (Å²) in [6, 6.07) is 18.1. The van der Waals surface area contributed by atoms with Crippen molar-refractivity contribution in [1.82, 2.24) is 10.3 Å². The van der Waals surface area contributed by atoms with Crippen LogP contribution in [0.15, 0.2) is 54.6 Å². The molecule has 0 unspecified atom stereocenters. The Morgan fingerprint density at radius 1 is 1.04 bits per heavy atom. The first-order valence-electron chi connectivity index (χ1n) is 8.98. The van der Waals surface area contributed by atoms with Crippen LogP contribution in [0.25, 0.3) is 22.2 Å². The van der Waals surface area contributed by atoms with Gasteiger partial charge in [0.2, 0.25) is 0 Å². The van der Waals surface area contributed by atoms with Crippen molar-refractivity contribution in [2.45, 2.75) is 18.9 Å². The Kier molecular flexibility index (Phi) is 5.94. The molecule has 5 nitrogen and oxygen atoms in total. The lowest BCUT2D eigenvalue weighted by Gasteiger charge is -2.25. The molecule has 0 spiro atoms. The molecule has 0 radical (unpaired) electrons. The Morgan fingerprint density at radius 3 is 2.48 bits per heavy atom. The van der Waals surface area contributed by atoms with Crippen molar-refractivity contribution >= 4 is 34.9 Å². The Morgan fingerprint density at radius 2 is 1.78 bits per heavy atom. The van der Waals surface area contributed by atoms with Gasteiger partial charge in [-0.1, -0.05) is 30.3 Å². The molecule has 4 rings (SSSR count). The van der Waals surface area contributed by atoms with E-state index < -0.39 is 5.91 Å². The Hall–Kier alpha value is -2.63. The molecule has 27 heavy (non-hydrogen) atoms. The molecule has 1 saturated heterocycles. The second-order valence-corrected chi connectivity index (χ2v) is 6.65. The van der Waals surface area contributed by atoms with Crippen LogP contribution in [0, 0.1) is 0 Å². The number of carbonyl (C=O) groups excluding carboxylic acids is 1. The third kappa shape index (κ3) is 4.04. The predicted octanol–water partition coefficient (Wildman–Crippen LogP) is 3.59. The number of rotatable bonds is 4. The minimum atomic E-state index is -0.457. The van der Waals surface area contributed by atoms with Gasteiger partial charge in [0.15, 0.2) is 0 Å². The summed E-state index contributed by atoms with van der Waals surface area (Å²) in [5.74, 6) is -0.457. The molecule has 1 aliphatic heterocycles. The van der Waals surface area contributed by atoms with Crippen LogP contribution in [-0.4, -0.2) is 30.0 Å². The Labute approximate surface area is 164 Å². The smallest absolute Gasteiger partial charge is 0.250 e. The molecule has 0 bridgehead atoms. The topological polar surface area (TPSA) is 80.0 Å². The lowest BCUT2D eigenvalue weighted by molar-refractivity contribution is 0.100. The van der Waals surface area contributed by atoms with Crippen molar-refractivity contribution in [3.8, 4) is 11.3 Å². The first-order chi connectivity index (χ1) is 12.7. The van der Waals surface area contributed by atoms with Crippen molar-refractivity contribution in [2.24, 2.45) is 5.73 Å². The maximum atomic E-state index is 11.9. The number of pyridine rings is 1. The summed E-state index contributed by atoms with van der Waals surface area (Å²) in [7, 11) is 0. The fourth-order valence-electron chi connectivity index (χ4n) is 3.50. The Bertz CT molecular complexity index is 940. The van der Waals surface area contributed by atoms with Gasteiger partial charge in [-0.15, -0.1) is 12.4 Å². The number of halogens is 1. The second-order valence-electron chi connectivity index (χ2n) is 6.65. The zero-order valence-corrected chi connectivity index (χ0v) is 15.8. The highest BCUT2D eigenvalue weighted by atomic mass is 35.5. The normalized spacial score (nSPS) is 14.5. The number of piperidine rings is 1. The number of benzene rings is 2. The summed E-state index contributed by atoms with van der Waals surface area (Å²) < 4.78 is 0. The van der Waals surface area contributed by atoms with Gasteiger partial charge < -0.3 is 16.4 Å². The fraction of sp³-hybridized carbons (Fsp3) is 0.238. The molecule has 4 N–H and O–H groups in total. The molecule has 0 saturated carbocycles. The number of nitrogens with one attached hydrogen (secondary N) is 2. The molecule has 6 heteroatoms. The highest BCUT2D eigenvalue weighted by Crippen LogP contribution is 2.29. The van der Waals surface area contributed by atoms with Gasteiger partial charge in [0.1, 0.15) is 0 Å². The summed E-state index contributed by atoms with van der Waals surface area (Å²) in [6.45, 7) is 2.04. The van der Waals surface area contributed by atoms with E-state index in [-0.39, 0.29) is 12.4 Å². The number of amides is 1. The predicted molar refractivity (Wildman–Crippen MR) is 112 cm³/mol. The lowest BCUT2D eigenvalue weighted by atomic mass is 10.0. The van der Waals surface area contributed by atoms with E-state index in [0.717, 1.165) is 48.3 Å². The van der Waals surface area contributed by atoms with E-state index in [1.165, 1.54) is 0 Å². The maximum Gasteiger partial charge on any atom is 0.250 e. The van der Waals surface area contributed by atoms with Crippen LogP contribution in [-0.2, 0) is 0 Å². The molecule has 1 fully saturated rings. The quantitative estimate of drug-likeness (QED) is 0.644. The number of hydrogen-bond donors (Lipinski definition) is 3. The van der Waals surface area contributed by atoms with Gasteiger partial charge in [0, 0.05) is 22.7 Å². The van der Waals surface area contributed by atoms with E-state index >= 15 is 0 Å². The number of nitrogens with zero attached hydrogens (tertiary/aromatic N) is 1. The summed E-state index contributed by atoms with van der Waals surface area (Å²) in [4.78, 5) is 16.7. The third-order valence-electron chi connectivity index (χ3n) is 4.89. The number of anilines is 1. The van der Waals surface area contributed by atoms with E-state index in [1.807, 2.05) is 48.5 Å². The number of carbonyl (C=O) groups is 1. The molecule has 2 aromatic carbocycles. The molecular formula is C21H23ClN4O. The molecule has 0 aliphatic carbocycles. The molecule has 0 atom stereocenters. The molecule has 2 heterocycles. The average molecular weight is 383 g/mol. The van der Waals surface area contributed by atoms with Gasteiger partial charge in [-0.3, -0.25) is 4.79 Å². The summed E-state index contributed by atoms with van der Waals surface area (Å²) in [5.41, 5.74) is 9.55. The SMILES string of the molecule is Cl.NC(=O)c1ccc(NC2CCNCC2)c2ccc(-c3ccccc3)nc12. The first kappa shape index (κ1) is 19.1. The van der Waals surface area contributed by atoms with Gasteiger partial charge in [0.05, 0.1) is 16.8 Å². The minimum Gasteiger partial charge on any atom is -0.382 e. The molecule has 1 aromatic heterocycles. The number of primary amides is 1. The molecule has 140 valence electrons. The molecule has 1 amide bonds. The zero-order valence-electron chi connectivity index (χ0n) is 14.9. The van der Waals surface area contributed by atoms with Gasteiger partial charge in [-0.05, 0) is 50.2 Å². The van der Waals surface area contributed by atoms with E-state index in [9.17, 15) is 4.79 Å². The van der Waals surface area contributed by atoms with E-state index in [0.29, 0.717) is 17.1 Å². The standard InChI is InChI=1S/C21H22N4O.ClH/c22-21(26)17-7-9-19(24-15-10-12-23-13-11-15)16-6-8-18(25-20(16)17)14-4-2-1-3-5-14;/h1-9,15,23-24H,10-13H2,(H2,22,26);1H. The number of fused-ring (bicyclic) bond motifs is 1. The number of aromatic nitrogens is 1. The van der Waals surface area contributed by atoms with E-state index in [2.05, 4.69) is 10.6 Å². The minimum absolute atomic E-state index is 0. The lowest BCUT2D eigenvalue weighted by Crippen LogP contribution is -2.35. The molecule has 1 aliphatic rings. The Balaban J connectivity index is 0.00000210. The first-order valence-corrected chi connectivity index (χ1v) is 8.98. The maximum absolute atomic E-state index is 11.9. The van der Waals surface area contributed by atoms with Crippen LogP contribution in [0.1, 0.15) is 23.2 Å². The van der Waals surface area contributed by atoms with Crippen LogP contribution < -0.4 is 16.4 Å². The monoisotopic (exact) mass is 382 g/mol. The fourth-order valence-corrected chi connectivity index (χ4v) is 3.50. The third-order valence-corrected chi connectivity index (χ3v) is 4.89. The number of hydrogen-bond acceptors (Lipinski definition) is 4. The highest BCUT2D eigenvalue weighted by molar-refractivity contribution is 6.08. The second kappa shape index (κ2) is 8.37. The van der Waals surface area contributed by atoms with Gasteiger partial charge in [-0.2, -0.15) is 0 Å². The molecule has 3 aromatic rings. The van der Waals surface area contributed by atoms with E-state index in [1.54, 1.807) is 6.07 Å². The van der Waals surface area contributed by atoms with Crippen LogP contribution in [0.5, 0.6) is 0 Å². The van der Waals surface area contributed by atoms with Crippen molar-refractivity contribution in [3.63, 3.8) is 0 Å². The van der Waals surface area contributed by atoms with Crippen molar-refractivity contribution < 1.29 is 4.79 Å². The molecular weight excluding hydrogens is 360 g/mol.